The van der Waals surface area contributed by atoms with Crippen molar-refractivity contribution in [2.45, 2.75) is 25.8 Å². The molecule has 3 aromatic carbocycles. The highest BCUT2D eigenvalue weighted by Crippen LogP contribution is 2.19. The lowest BCUT2D eigenvalue weighted by Crippen LogP contribution is -2.26. The molecule has 0 unspecified atom stereocenters. The number of carbonyl (C=O) groups excluding carboxylic acids is 2. The van der Waals surface area contributed by atoms with Crippen molar-refractivity contribution in [1.82, 2.24) is 14.9 Å². The highest BCUT2D eigenvalue weighted by molar-refractivity contribution is 6.30. The number of carbonyl (C=O) groups is 2. The molecule has 0 atom stereocenters. The molecule has 0 radical (unpaired) electrons. The number of aromatic nitrogens is 2. The molecule has 6 heteroatoms. The number of hydrogen-bond donors (Lipinski definition) is 1. The van der Waals surface area contributed by atoms with Crippen LogP contribution in [0.1, 0.15) is 28.2 Å². The standard InChI is InChI=1S/C26H24ClN3O2/c27-21-14-12-20(13-15-21)24(31)18-30-23-10-5-4-9-22(23)29-25(30)11-6-16-28-26(32)17-19-7-2-1-3-8-19/h1-5,7-10,12-15H,6,11,16-18H2,(H,28,32). The third kappa shape index (κ3) is 5.42. The van der Waals surface area contributed by atoms with Crippen molar-refractivity contribution in [2.24, 2.45) is 0 Å². The van der Waals surface area contributed by atoms with Crippen LogP contribution in [0.4, 0.5) is 0 Å². The minimum absolute atomic E-state index is 0.00207. The number of ketones is 1. The SMILES string of the molecule is O=C(Cc1ccccc1)NCCCc1nc2ccccc2n1CC(=O)c1ccc(Cl)cc1. The second kappa shape index (κ2) is 10.2. The van der Waals surface area contributed by atoms with Gasteiger partial charge in [-0.1, -0.05) is 54.1 Å². The van der Waals surface area contributed by atoms with Crippen molar-refractivity contribution in [3.8, 4) is 0 Å². The fourth-order valence-electron chi connectivity index (χ4n) is 3.68. The summed E-state index contributed by atoms with van der Waals surface area (Å²) in [6.07, 6.45) is 1.77. The predicted octanol–water partition coefficient (Wildman–Crippen LogP) is 4.86. The molecule has 5 nitrogen and oxygen atoms in total. The normalized spacial score (nSPS) is 10.9. The van der Waals surface area contributed by atoms with E-state index in [4.69, 9.17) is 16.6 Å². The Balaban J connectivity index is 1.40. The highest BCUT2D eigenvalue weighted by Gasteiger charge is 2.15. The summed E-state index contributed by atoms with van der Waals surface area (Å²) < 4.78 is 1.97. The van der Waals surface area contributed by atoms with E-state index in [-0.39, 0.29) is 18.2 Å². The lowest BCUT2D eigenvalue weighted by atomic mass is 10.1. The second-order valence-corrected chi connectivity index (χ2v) is 8.09. The van der Waals surface area contributed by atoms with Gasteiger partial charge in [-0.3, -0.25) is 9.59 Å². The van der Waals surface area contributed by atoms with Crippen molar-refractivity contribution in [3.63, 3.8) is 0 Å². The molecule has 0 aliphatic rings. The van der Waals surface area contributed by atoms with Gasteiger partial charge in [-0.2, -0.15) is 0 Å². The summed E-state index contributed by atoms with van der Waals surface area (Å²) in [6, 6.07) is 24.4. The van der Waals surface area contributed by atoms with Gasteiger partial charge >= 0.3 is 0 Å². The molecule has 0 aliphatic heterocycles. The predicted molar refractivity (Wildman–Crippen MR) is 127 cm³/mol. The largest absolute Gasteiger partial charge is 0.356 e. The number of halogens is 1. The van der Waals surface area contributed by atoms with E-state index in [0.29, 0.717) is 30.0 Å². The van der Waals surface area contributed by atoms with Gasteiger partial charge in [-0.05, 0) is 48.4 Å². The first-order valence-electron chi connectivity index (χ1n) is 10.6. The minimum atomic E-state index is 0.00207. The van der Waals surface area contributed by atoms with E-state index >= 15 is 0 Å². The monoisotopic (exact) mass is 445 g/mol. The number of hydrogen-bond acceptors (Lipinski definition) is 3. The number of aryl methyl sites for hydroxylation is 1. The van der Waals surface area contributed by atoms with Crippen LogP contribution in [0.15, 0.2) is 78.9 Å². The molecule has 0 fully saturated rings. The van der Waals surface area contributed by atoms with Gasteiger partial charge in [0, 0.05) is 23.6 Å². The number of nitrogens with zero attached hydrogens (tertiary/aromatic N) is 2. The molecule has 0 spiro atoms. The van der Waals surface area contributed by atoms with Crippen LogP contribution in [-0.2, 0) is 24.2 Å². The van der Waals surface area contributed by atoms with Gasteiger partial charge in [0.1, 0.15) is 5.82 Å². The quantitative estimate of drug-likeness (QED) is 0.295. The Labute approximate surface area is 192 Å². The van der Waals surface area contributed by atoms with Crippen LogP contribution in [0, 0.1) is 0 Å². The Bertz CT molecular complexity index is 1220. The number of Topliss-reactive ketones (excluding diaryl/α,β-unsaturated/α-hetero) is 1. The van der Waals surface area contributed by atoms with E-state index in [1.807, 2.05) is 59.2 Å². The topological polar surface area (TPSA) is 64.0 Å². The molecule has 1 heterocycles. The number of imidazole rings is 1. The molecule has 162 valence electrons. The van der Waals surface area contributed by atoms with Gasteiger partial charge in [0.25, 0.3) is 0 Å². The Morgan fingerprint density at radius 3 is 2.41 bits per heavy atom. The molecule has 4 rings (SSSR count). The molecule has 0 aliphatic carbocycles. The zero-order chi connectivity index (χ0) is 22.3. The summed E-state index contributed by atoms with van der Waals surface area (Å²) in [5.41, 5.74) is 3.40. The molecule has 1 aromatic heterocycles. The first-order chi connectivity index (χ1) is 15.6. The molecule has 0 saturated carbocycles. The lowest BCUT2D eigenvalue weighted by Gasteiger charge is -2.10. The maximum absolute atomic E-state index is 12.9. The van der Waals surface area contributed by atoms with Crippen molar-refractivity contribution in [2.75, 3.05) is 6.54 Å². The van der Waals surface area contributed by atoms with Gasteiger partial charge in [0.15, 0.2) is 5.78 Å². The highest BCUT2D eigenvalue weighted by atomic mass is 35.5. The number of amides is 1. The first-order valence-corrected chi connectivity index (χ1v) is 11.0. The Hall–Kier alpha value is -3.44. The van der Waals surface area contributed by atoms with Gasteiger partial charge in [0.05, 0.1) is 24.0 Å². The molecule has 1 N–H and O–H groups in total. The average molecular weight is 446 g/mol. The maximum atomic E-state index is 12.9. The van der Waals surface area contributed by atoms with Crippen molar-refractivity contribution in [1.29, 1.82) is 0 Å². The van der Waals surface area contributed by atoms with E-state index in [1.165, 1.54) is 0 Å². The van der Waals surface area contributed by atoms with E-state index in [1.54, 1.807) is 24.3 Å². The zero-order valence-corrected chi connectivity index (χ0v) is 18.4. The average Bonchev–Trinajstić information content (AvgIpc) is 3.15. The Morgan fingerprint density at radius 1 is 0.906 bits per heavy atom. The fraction of sp³-hybridized carbons (Fsp3) is 0.192. The summed E-state index contributed by atoms with van der Waals surface area (Å²) in [6.45, 7) is 0.762. The van der Waals surface area contributed by atoms with E-state index in [9.17, 15) is 9.59 Å². The van der Waals surface area contributed by atoms with Crippen LogP contribution < -0.4 is 5.32 Å². The number of nitrogens with one attached hydrogen (secondary N) is 1. The molecule has 4 aromatic rings. The Kier molecular flexibility index (Phi) is 6.97. The van der Waals surface area contributed by atoms with Crippen LogP contribution in [0.2, 0.25) is 5.02 Å². The van der Waals surface area contributed by atoms with Crippen LogP contribution in [0.25, 0.3) is 11.0 Å². The van der Waals surface area contributed by atoms with Crippen LogP contribution in [0.5, 0.6) is 0 Å². The lowest BCUT2D eigenvalue weighted by molar-refractivity contribution is -0.120. The Morgan fingerprint density at radius 2 is 1.62 bits per heavy atom. The minimum Gasteiger partial charge on any atom is -0.356 e. The summed E-state index contributed by atoms with van der Waals surface area (Å²) >= 11 is 5.94. The van der Waals surface area contributed by atoms with Crippen LogP contribution >= 0.6 is 11.6 Å². The maximum Gasteiger partial charge on any atom is 0.224 e. The smallest absolute Gasteiger partial charge is 0.224 e. The van der Waals surface area contributed by atoms with Crippen LogP contribution in [-0.4, -0.2) is 27.8 Å². The third-order valence-corrected chi connectivity index (χ3v) is 5.56. The number of benzene rings is 3. The third-order valence-electron chi connectivity index (χ3n) is 5.31. The van der Waals surface area contributed by atoms with Crippen molar-refractivity contribution < 1.29 is 9.59 Å². The van der Waals surface area contributed by atoms with E-state index in [0.717, 1.165) is 28.8 Å². The van der Waals surface area contributed by atoms with Gasteiger partial charge in [0.2, 0.25) is 5.91 Å². The first kappa shape index (κ1) is 21.8. The van der Waals surface area contributed by atoms with Crippen molar-refractivity contribution >= 4 is 34.3 Å². The van der Waals surface area contributed by atoms with Gasteiger partial charge in [-0.15, -0.1) is 0 Å². The van der Waals surface area contributed by atoms with Crippen LogP contribution in [0.3, 0.4) is 0 Å². The second-order valence-electron chi connectivity index (χ2n) is 7.65. The molecule has 1 amide bonds. The van der Waals surface area contributed by atoms with Gasteiger partial charge in [-0.25, -0.2) is 4.98 Å². The molecular formula is C26H24ClN3O2. The van der Waals surface area contributed by atoms with Gasteiger partial charge < -0.3 is 9.88 Å². The zero-order valence-electron chi connectivity index (χ0n) is 17.6. The summed E-state index contributed by atoms with van der Waals surface area (Å²) in [4.78, 5) is 29.8. The fourth-order valence-corrected chi connectivity index (χ4v) is 3.81. The molecular weight excluding hydrogens is 422 g/mol. The molecule has 0 bridgehead atoms. The van der Waals surface area contributed by atoms with E-state index < -0.39 is 0 Å². The number of rotatable bonds is 9. The summed E-state index contributed by atoms with van der Waals surface area (Å²) in [5.74, 6) is 0.843. The molecule has 0 saturated heterocycles. The number of para-hydroxylation sites is 2. The number of fused-ring (bicyclic) bond motifs is 1. The summed E-state index contributed by atoms with van der Waals surface area (Å²) in [7, 11) is 0. The summed E-state index contributed by atoms with van der Waals surface area (Å²) in [5, 5.41) is 3.57. The molecule has 32 heavy (non-hydrogen) atoms. The van der Waals surface area contributed by atoms with Crippen molar-refractivity contribution in [3.05, 3.63) is 101 Å². The van der Waals surface area contributed by atoms with E-state index in [2.05, 4.69) is 5.32 Å².